The zero-order valence-corrected chi connectivity index (χ0v) is 15.7. The largest absolute Gasteiger partial charge is 0.351 e. The summed E-state index contributed by atoms with van der Waals surface area (Å²) in [5, 5.41) is 8.86. The smallest absolute Gasteiger partial charge is 0.228 e. The molecule has 2 N–H and O–H groups in total. The van der Waals surface area contributed by atoms with Gasteiger partial charge in [0.25, 0.3) is 0 Å². The zero-order chi connectivity index (χ0) is 18.8. The third-order valence-electron chi connectivity index (χ3n) is 4.65. The van der Waals surface area contributed by atoms with Crippen molar-refractivity contribution in [2.24, 2.45) is 0 Å². The number of anilines is 1. The Labute approximate surface area is 161 Å². The average Bonchev–Trinajstić information content (AvgIpc) is 3.12. The first kappa shape index (κ1) is 17.4. The number of hydrogen-bond acceptors (Lipinski definition) is 4. The minimum atomic E-state index is -0.452. The molecule has 1 unspecified atom stereocenters. The molecule has 0 saturated carbocycles. The summed E-state index contributed by atoms with van der Waals surface area (Å²) in [6.45, 7) is 2.41. The van der Waals surface area contributed by atoms with Crippen LogP contribution in [0, 0.1) is 6.92 Å². The molecule has 0 bridgehead atoms. The number of carbonyl (C=O) groups is 2. The number of nitrogens with zero attached hydrogens (tertiary/aromatic N) is 1. The number of hydrogen-bond donors (Lipinski definition) is 2. The topological polar surface area (TPSA) is 71.1 Å². The lowest BCUT2D eigenvalue weighted by Crippen LogP contribution is -2.34. The monoisotopic (exact) mass is 377 g/mol. The van der Waals surface area contributed by atoms with E-state index in [0.717, 1.165) is 33.1 Å². The van der Waals surface area contributed by atoms with E-state index in [1.807, 2.05) is 60.8 Å². The van der Waals surface area contributed by atoms with E-state index in [1.54, 1.807) is 11.3 Å². The molecule has 0 spiro atoms. The van der Waals surface area contributed by atoms with E-state index in [0.29, 0.717) is 6.54 Å². The highest BCUT2D eigenvalue weighted by molar-refractivity contribution is 7.09. The first-order valence-electron chi connectivity index (χ1n) is 8.78. The van der Waals surface area contributed by atoms with Gasteiger partial charge in [0.2, 0.25) is 11.8 Å². The van der Waals surface area contributed by atoms with Crippen LogP contribution in [0.5, 0.6) is 0 Å². The molecule has 5 nitrogen and oxygen atoms in total. The number of fused-ring (bicyclic) bond motifs is 1. The molecular formula is C21H19N3O2S. The second kappa shape index (κ2) is 7.32. The van der Waals surface area contributed by atoms with Crippen molar-refractivity contribution in [3.8, 4) is 11.3 Å². The van der Waals surface area contributed by atoms with Gasteiger partial charge in [0.05, 0.1) is 16.6 Å². The van der Waals surface area contributed by atoms with E-state index >= 15 is 0 Å². The molecule has 1 aliphatic heterocycles. The summed E-state index contributed by atoms with van der Waals surface area (Å²) in [5.41, 5.74) is 4.62. The van der Waals surface area contributed by atoms with Gasteiger partial charge in [-0.3, -0.25) is 9.59 Å². The van der Waals surface area contributed by atoms with Crippen molar-refractivity contribution in [1.82, 2.24) is 10.3 Å². The van der Waals surface area contributed by atoms with E-state index in [4.69, 9.17) is 0 Å². The molecule has 1 aromatic heterocycles. The van der Waals surface area contributed by atoms with Gasteiger partial charge in [0.15, 0.2) is 0 Å². The van der Waals surface area contributed by atoms with Crippen molar-refractivity contribution in [2.45, 2.75) is 25.8 Å². The molecule has 0 saturated heterocycles. The van der Waals surface area contributed by atoms with Crippen LogP contribution in [0.15, 0.2) is 53.9 Å². The Bertz CT molecular complexity index is 995. The van der Waals surface area contributed by atoms with Crippen molar-refractivity contribution >= 4 is 28.8 Å². The Balaban J connectivity index is 1.43. The van der Waals surface area contributed by atoms with Crippen LogP contribution in [-0.4, -0.2) is 16.8 Å². The van der Waals surface area contributed by atoms with Gasteiger partial charge in [-0.2, -0.15) is 0 Å². The quantitative estimate of drug-likeness (QED) is 0.725. The van der Waals surface area contributed by atoms with Crippen LogP contribution in [0.4, 0.5) is 5.69 Å². The predicted octanol–water partition coefficient (Wildman–Crippen LogP) is 3.86. The van der Waals surface area contributed by atoms with Gasteiger partial charge < -0.3 is 10.6 Å². The molecule has 4 rings (SSSR count). The molecule has 0 aliphatic carbocycles. The van der Waals surface area contributed by atoms with Crippen LogP contribution >= 0.6 is 11.3 Å². The first-order chi connectivity index (χ1) is 13.1. The zero-order valence-electron chi connectivity index (χ0n) is 14.9. The van der Waals surface area contributed by atoms with Crippen LogP contribution in [0.1, 0.15) is 28.5 Å². The number of aryl methyl sites for hydroxylation is 1. The van der Waals surface area contributed by atoms with E-state index in [-0.39, 0.29) is 18.2 Å². The fraction of sp³-hybridized carbons (Fsp3) is 0.190. The Morgan fingerprint density at radius 1 is 1.22 bits per heavy atom. The molecule has 2 heterocycles. The van der Waals surface area contributed by atoms with Crippen molar-refractivity contribution in [3.05, 3.63) is 70.0 Å². The minimum absolute atomic E-state index is 0.128. The van der Waals surface area contributed by atoms with Gasteiger partial charge in [-0.05, 0) is 24.1 Å². The van der Waals surface area contributed by atoms with Gasteiger partial charge in [-0.1, -0.05) is 42.5 Å². The number of amides is 2. The molecule has 2 amide bonds. The van der Waals surface area contributed by atoms with Gasteiger partial charge in [-0.25, -0.2) is 4.98 Å². The maximum absolute atomic E-state index is 12.7. The lowest BCUT2D eigenvalue weighted by atomic mass is 9.90. The van der Waals surface area contributed by atoms with Crippen LogP contribution in [-0.2, 0) is 16.1 Å². The number of para-hydroxylation sites is 1. The summed E-state index contributed by atoms with van der Waals surface area (Å²) >= 11 is 1.63. The molecule has 27 heavy (non-hydrogen) atoms. The molecular weight excluding hydrogens is 358 g/mol. The summed E-state index contributed by atoms with van der Waals surface area (Å²) < 4.78 is 0. The normalized spacial score (nSPS) is 15.7. The van der Waals surface area contributed by atoms with Crippen molar-refractivity contribution in [2.75, 3.05) is 5.32 Å². The van der Waals surface area contributed by atoms with Gasteiger partial charge >= 0.3 is 0 Å². The third-order valence-corrected chi connectivity index (χ3v) is 5.43. The number of aromatic nitrogens is 1. The SMILES string of the molecule is Cc1nc(-c2ccc(CNC(=O)C3CC(=O)Nc4ccccc43)cc2)cs1. The van der Waals surface area contributed by atoms with Crippen LogP contribution in [0.3, 0.4) is 0 Å². The number of thiazole rings is 1. The second-order valence-electron chi connectivity index (χ2n) is 6.56. The van der Waals surface area contributed by atoms with Crippen LogP contribution in [0.25, 0.3) is 11.3 Å². The third kappa shape index (κ3) is 3.75. The Morgan fingerprint density at radius 2 is 2.00 bits per heavy atom. The van der Waals surface area contributed by atoms with Crippen molar-refractivity contribution in [1.29, 1.82) is 0 Å². The Morgan fingerprint density at radius 3 is 2.74 bits per heavy atom. The Hall–Kier alpha value is -2.99. The lowest BCUT2D eigenvalue weighted by molar-refractivity contribution is -0.126. The number of rotatable bonds is 4. The highest BCUT2D eigenvalue weighted by atomic mass is 32.1. The lowest BCUT2D eigenvalue weighted by Gasteiger charge is -2.24. The second-order valence-corrected chi connectivity index (χ2v) is 7.62. The predicted molar refractivity (Wildman–Crippen MR) is 107 cm³/mol. The van der Waals surface area contributed by atoms with Crippen molar-refractivity contribution in [3.63, 3.8) is 0 Å². The van der Waals surface area contributed by atoms with Crippen molar-refractivity contribution < 1.29 is 9.59 Å². The molecule has 1 aliphatic rings. The van der Waals surface area contributed by atoms with E-state index in [2.05, 4.69) is 15.6 Å². The van der Waals surface area contributed by atoms with E-state index in [1.165, 1.54) is 0 Å². The highest BCUT2D eigenvalue weighted by Crippen LogP contribution is 2.32. The first-order valence-corrected chi connectivity index (χ1v) is 9.66. The fourth-order valence-corrected chi connectivity index (χ4v) is 3.87. The summed E-state index contributed by atoms with van der Waals surface area (Å²) in [5.74, 6) is -0.708. The number of benzene rings is 2. The van der Waals surface area contributed by atoms with E-state index < -0.39 is 5.92 Å². The van der Waals surface area contributed by atoms with Crippen LogP contribution < -0.4 is 10.6 Å². The summed E-state index contributed by atoms with van der Waals surface area (Å²) in [7, 11) is 0. The molecule has 3 aromatic rings. The number of carbonyl (C=O) groups excluding carboxylic acids is 2. The van der Waals surface area contributed by atoms with Gasteiger partial charge in [0.1, 0.15) is 0 Å². The summed E-state index contributed by atoms with van der Waals surface area (Å²) in [6.07, 6.45) is 0.172. The number of nitrogens with one attached hydrogen (secondary N) is 2. The van der Waals surface area contributed by atoms with Gasteiger partial charge in [0, 0.05) is 29.6 Å². The molecule has 0 radical (unpaired) electrons. The summed E-state index contributed by atoms with van der Waals surface area (Å²) in [4.78, 5) is 29.0. The fourth-order valence-electron chi connectivity index (χ4n) is 3.25. The maximum Gasteiger partial charge on any atom is 0.228 e. The Kier molecular flexibility index (Phi) is 4.73. The molecule has 6 heteroatoms. The minimum Gasteiger partial charge on any atom is -0.351 e. The van der Waals surface area contributed by atoms with Crippen LogP contribution in [0.2, 0.25) is 0 Å². The maximum atomic E-state index is 12.7. The molecule has 136 valence electrons. The molecule has 1 atom stereocenters. The van der Waals surface area contributed by atoms with Gasteiger partial charge in [-0.15, -0.1) is 11.3 Å². The molecule has 0 fully saturated rings. The standard InChI is InChI=1S/C21H19N3O2S/c1-13-23-19(12-27-13)15-8-6-14(7-9-15)11-22-21(26)17-10-20(25)24-18-5-3-2-4-16(17)18/h2-9,12,17H,10-11H2,1H3,(H,22,26)(H,24,25). The summed E-state index contributed by atoms with van der Waals surface area (Å²) in [6, 6.07) is 15.5. The van der Waals surface area contributed by atoms with E-state index in [9.17, 15) is 9.59 Å². The average molecular weight is 377 g/mol. The molecule has 2 aromatic carbocycles. The highest BCUT2D eigenvalue weighted by Gasteiger charge is 2.30.